The standard InChI is InChI=1S/C42H47F3N6O5/c1-5-30-34(44)12-7-24-15-28(52)16-33(35(24)30)31-10-11-32-37(36(31)45)47-39(55-23-42-13-6-14-50(42)19-25(43)17-42)48-38(32)49-20-26-8-9-27(21-49)51(26)22-29(53)18-46-40(54)56-41(2,3)4/h1,7,10-12,15-16,25-27,29,52-53H,6,8-9,13-14,17-23H2,2-4H3,(H,46,54)/t25-,26-,27+,29+,42+/m1/s1. The summed E-state index contributed by atoms with van der Waals surface area (Å²) in [6.45, 7) is 8.05. The van der Waals surface area contributed by atoms with E-state index in [0.29, 0.717) is 49.2 Å². The summed E-state index contributed by atoms with van der Waals surface area (Å²) in [5.41, 5.74) is -0.941. The molecule has 0 saturated carbocycles. The van der Waals surface area contributed by atoms with Crippen molar-refractivity contribution in [2.75, 3.05) is 50.8 Å². The van der Waals surface area contributed by atoms with Crippen molar-refractivity contribution in [1.82, 2.24) is 25.1 Å². The Morgan fingerprint density at radius 1 is 1.11 bits per heavy atom. The molecule has 0 unspecified atom stereocenters. The summed E-state index contributed by atoms with van der Waals surface area (Å²) in [5.74, 6) is 1.37. The van der Waals surface area contributed by atoms with Crippen LogP contribution in [0.1, 0.15) is 58.4 Å². The van der Waals surface area contributed by atoms with E-state index in [9.17, 15) is 23.8 Å². The molecule has 4 saturated heterocycles. The van der Waals surface area contributed by atoms with E-state index in [2.05, 4.69) is 30.9 Å². The first-order valence-electron chi connectivity index (χ1n) is 19.3. The summed E-state index contributed by atoms with van der Waals surface area (Å²) in [5, 5.41) is 25.4. The van der Waals surface area contributed by atoms with E-state index in [1.165, 1.54) is 24.3 Å². The molecule has 2 bridgehead atoms. The highest BCUT2D eigenvalue weighted by Crippen LogP contribution is 2.43. The van der Waals surface area contributed by atoms with Gasteiger partial charge in [0.15, 0.2) is 5.82 Å². The number of hydrogen-bond acceptors (Lipinski definition) is 10. The van der Waals surface area contributed by atoms with E-state index < -0.39 is 41.1 Å². The summed E-state index contributed by atoms with van der Waals surface area (Å²) in [6, 6.07) is 8.86. The van der Waals surface area contributed by atoms with Gasteiger partial charge in [0, 0.05) is 67.6 Å². The first kappa shape index (κ1) is 38.1. The van der Waals surface area contributed by atoms with Crippen molar-refractivity contribution in [3.63, 3.8) is 0 Å². The molecule has 3 N–H and O–H groups in total. The van der Waals surface area contributed by atoms with Crippen molar-refractivity contribution in [1.29, 1.82) is 0 Å². The molecule has 5 heterocycles. The van der Waals surface area contributed by atoms with Crippen LogP contribution in [0.4, 0.5) is 23.8 Å². The van der Waals surface area contributed by atoms with Crippen LogP contribution in [0.15, 0.2) is 36.4 Å². The third-order valence-corrected chi connectivity index (χ3v) is 11.7. The number of benzene rings is 3. The number of aliphatic hydroxyl groups is 1. The molecule has 8 rings (SSSR count). The van der Waals surface area contributed by atoms with Gasteiger partial charge in [-0.1, -0.05) is 18.1 Å². The van der Waals surface area contributed by atoms with Crippen molar-refractivity contribution in [2.45, 2.75) is 88.4 Å². The fourth-order valence-corrected chi connectivity index (χ4v) is 9.35. The second kappa shape index (κ2) is 14.6. The number of aromatic hydroxyl groups is 1. The highest BCUT2D eigenvalue weighted by molar-refractivity contribution is 6.04. The summed E-state index contributed by atoms with van der Waals surface area (Å²) < 4.78 is 58.4. The normalized spacial score (nSPS) is 24.4. The lowest BCUT2D eigenvalue weighted by atomic mass is 9.93. The number of alkyl halides is 1. The Morgan fingerprint density at radius 3 is 2.61 bits per heavy atom. The van der Waals surface area contributed by atoms with Gasteiger partial charge >= 0.3 is 12.1 Å². The third-order valence-electron chi connectivity index (χ3n) is 11.7. The van der Waals surface area contributed by atoms with Crippen LogP contribution in [0.25, 0.3) is 32.8 Å². The molecule has 4 aliphatic heterocycles. The Morgan fingerprint density at radius 2 is 1.88 bits per heavy atom. The Balaban J connectivity index is 1.13. The van der Waals surface area contributed by atoms with Crippen LogP contribution >= 0.6 is 0 Å². The summed E-state index contributed by atoms with van der Waals surface area (Å²) >= 11 is 0. The van der Waals surface area contributed by atoms with E-state index in [1.807, 2.05) is 0 Å². The van der Waals surface area contributed by atoms with Gasteiger partial charge in [0.1, 0.15) is 41.3 Å². The molecule has 0 radical (unpaired) electrons. The van der Waals surface area contributed by atoms with E-state index in [1.54, 1.807) is 32.9 Å². The largest absolute Gasteiger partial charge is 0.508 e. The fourth-order valence-electron chi connectivity index (χ4n) is 9.35. The molecule has 5 atom stereocenters. The summed E-state index contributed by atoms with van der Waals surface area (Å²) in [6.07, 6.45) is 7.16. The Kier molecular flexibility index (Phi) is 9.91. The number of anilines is 1. The number of alkyl carbamates (subject to hydrolysis) is 1. The van der Waals surface area contributed by atoms with Crippen molar-refractivity contribution >= 4 is 33.6 Å². The molecule has 1 amide bonds. The number of phenolic OH excluding ortho intramolecular Hbond substituents is 1. The number of nitrogens with one attached hydrogen (secondary N) is 1. The van der Waals surface area contributed by atoms with E-state index in [-0.39, 0.29) is 64.6 Å². The maximum atomic E-state index is 17.2. The number of phenols is 1. The number of halogens is 3. The zero-order chi connectivity index (χ0) is 39.5. The fraction of sp³-hybridized carbons (Fsp3) is 0.500. The van der Waals surface area contributed by atoms with Gasteiger partial charge < -0.3 is 29.9 Å². The number of fused-ring (bicyclic) bond motifs is 5. The van der Waals surface area contributed by atoms with Gasteiger partial charge in [0.05, 0.1) is 17.2 Å². The SMILES string of the molecule is C#Cc1c(F)ccc2cc(O)cc(-c3ccc4c(N5C[C@H]6CC[C@@H](C5)N6C[C@@H](O)CNC(=O)OC(C)(C)C)nc(OC[C@@]56CCCN5C[C@H](F)C6)nc4c3F)c12. The smallest absolute Gasteiger partial charge is 0.407 e. The first-order valence-corrected chi connectivity index (χ1v) is 19.3. The highest BCUT2D eigenvalue weighted by Gasteiger charge is 2.49. The average Bonchev–Trinajstić information content (AvgIpc) is 3.74. The molecule has 0 spiro atoms. The molecule has 4 aromatic rings. The van der Waals surface area contributed by atoms with Crippen molar-refractivity contribution in [3.8, 4) is 35.2 Å². The lowest BCUT2D eigenvalue weighted by Crippen LogP contribution is -2.56. The number of terminal acetylenes is 1. The number of amides is 1. The minimum Gasteiger partial charge on any atom is -0.508 e. The number of hydrogen-bond donors (Lipinski definition) is 3. The van der Waals surface area contributed by atoms with E-state index in [4.69, 9.17) is 20.9 Å². The van der Waals surface area contributed by atoms with Gasteiger partial charge in [-0.2, -0.15) is 9.97 Å². The topological polar surface area (TPSA) is 124 Å². The first-order chi connectivity index (χ1) is 26.7. The molecule has 0 aliphatic carbocycles. The Labute approximate surface area is 323 Å². The molecule has 3 aromatic carbocycles. The van der Waals surface area contributed by atoms with E-state index in [0.717, 1.165) is 32.2 Å². The van der Waals surface area contributed by atoms with Gasteiger partial charge in [-0.15, -0.1) is 6.42 Å². The van der Waals surface area contributed by atoms with Crippen LogP contribution in [0.3, 0.4) is 0 Å². The predicted octanol–water partition coefficient (Wildman–Crippen LogP) is 5.91. The lowest BCUT2D eigenvalue weighted by Gasteiger charge is -2.42. The second-order valence-electron chi connectivity index (χ2n) is 16.7. The molecular weight excluding hydrogens is 725 g/mol. The van der Waals surface area contributed by atoms with Crippen molar-refractivity contribution in [2.24, 2.45) is 0 Å². The molecule has 1 aromatic heterocycles. The van der Waals surface area contributed by atoms with Crippen LogP contribution in [0.2, 0.25) is 0 Å². The third kappa shape index (κ3) is 7.16. The Bertz CT molecular complexity index is 2210. The summed E-state index contributed by atoms with van der Waals surface area (Å²) in [7, 11) is 0. The number of piperazine rings is 1. The number of aromatic nitrogens is 2. The van der Waals surface area contributed by atoms with Gasteiger partial charge in [-0.25, -0.2) is 18.0 Å². The minimum atomic E-state index is -0.958. The average molecular weight is 773 g/mol. The predicted molar refractivity (Wildman–Crippen MR) is 207 cm³/mol. The maximum Gasteiger partial charge on any atom is 0.407 e. The number of ether oxygens (including phenoxy) is 2. The monoisotopic (exact) mass is 772 g/mol. The second-order valence-corrected chi connectivity index (χ2v) is 16.7. The molecular formula is C42H47F3N6O5. The van der Waals surface area contributed by atoms with Gasteiger partial charge in [-0.05, 0) is 88.2 Å². The zero-order valence-electron chi connectivity index (χ0n) is 31.8. The highest BCUT2D eigenvalue weighted by atomic mass is 19.1. The molecule has 14 heteroatoms. The molecule has 56 heavy (non-hydrogen) atoms. The number of nitrogens with zero attached hydrogens (tertiary/aromatic N) is 5. The molecule has 4 fully saturated rings. The number of carbonyl (C=O) groups is 1. The zero-order valence-corrected chi connectivity index (χ0v) is 31.8. The van der Waals surface area contributed by atoms with Crippen LogP contribution < -0.4 is 15.0 Å². The quantitative estimate of drug-likeness (QED) is 0.177. The van der Waals surface area contributed by atoms with Crippen LogP contribution in [0, 0.1) is 24.0 Å². The van der Waals surface area contributed by atoms with E-state index >= 15 is 4.39 Å². The van der Waals surface area contributed by atoms with Gasteiger partial charge in [-0.3, -0.25) is 9.80 Å². The lowest BCUT2D eigenvalue weighted by molar-refractivity contribution is 0.0433. The Hall–Kier alpha value is -4.84. The van der Waals surface area contributed by atoms with Gasteiger partial charge in [0.25, 0.3) is 0 Å². The molecule has 4 aliphatic rings. The van der Waals surface area contributed by atoms with Crippen LogP contribution in [-0.4, -0.2) is 117 Å². The van der Waals surface area contributed by atoms with Crippen LogP contribution in [-0.2, 0) is 4.74 Å². The number of aliphatic hydroxyl groups excluding tert-OH is 1. The maximum absolute atomic E-state index is 17.2. The van der Waals surface area contributed by atoms with Gasteiger partial charge in [0.2, 0.25) is 0 Å². The van der Waals surface area contributed by atoms with Crippen LogP contribution in [0.5, 0.6) is 11.8 Å². The minimum absolute atomic E-state index is 0.0216. The number of carbonyl (C=O) groups excluding carboxylic acids is 1. The van der Waals surface area contributed by atoms with Crippen molar-refractivity contribution < 1.29 is 37.7 Å². The number of rotatable bonds is 9. The van der Waals surface area contributed by atoms with Crippen molar-refractivity contribution in [3.05, 3.63) is 53.6 Å². The molecule has 11 nitrogen and oxygen atoms in total. The molecule has 296 valence electrons. The summed E-state index contributed by atoms with van der Waals surface area (Å²) in [4.78, 5) is 28.2.